The number of nitrogens with zero attached hydrogens (tertiary/aromatic N) is 1. The fraction of sp³-hybridized carbons (Fsp3) is 0.571. The SMILES string of the molecule is CN(C)/C=C\C1CC1=O. The first kappa shape index (κ1) is 6.33. The van der Waals surface area contributed by atoms with E-state index in [-0.39, 0.29) is 5.92 Å². The summed E-state index contributed by atoms with van der Waals surface area (Å²) in [5.74, 6) is 0.612. The summed E-state index contributed by atoms with van der Waals surface area (Å²) in [5, 5.41) is 0. The van der Waals surface area contributed by atoms with Crippen LogP contribution in [0.1, 0.15) is 6.42 Å². The first-order valence-electron chi connectivity index (χ1n) is 3.07. The van der Waals surface area contributed by atoms with Crippen LogP contribution in [0.15, 0.2) is 12.3 Å². The molecule has 0 heterocycles. The molecule has 50 valence electrons. The molecule has 0 aromatic carbocycles. The summed E-state index contributed by atoms with van der Waals surface area (Å²) in [5.41, 5.74) is 0. The maximum Gasteiger partial charge on any atom is 0.141 e. The van der Waals surface area contributed by atoms with Crippen molar-refractivity contribution in [3.63, 3.8) is 0 Å². The van der Waals surface area contributed by atoms with Gasteiger partial charge in [-0.3, -0.25) is 4.79 Å². The molecule has 9 heavy (non-hydrogen) atoms. The number of hydrogen-bond acceptors (Lipinski definition) is 2. The smallest absolute Gasteiger partial charge is 0.141 e. The van der Waals surface area contributed by atoms with E-state index in [1.54, 1.807) is 0 Å². The van der Waals surface area contributed by atoms with Crippen molar-refractivity contribution in [3.05, 3.63) is 12.3 Å². The van der Waals surface area contributed by atoms with Crippen molar-refractivity contribution in [1.82, 2.24) is 4.90 Å². The van der Waals surface area contributed by atoms with Gasteiger partial charge in [0.2, 0.25) is 0 Å². The molecule has 2 nitrogen and oxygen atoms in total. The topological polar surface area (TPSA) is 20.3 Å². The Kier molecular flexibility index (Phi) is 1.56. The van der Waals surface area contributed by atoms with Gasteiger partial charge in [0.05, 0.1) is 0 Å². The summed E-state index contributed by atoms with van der Waals surface area (Å²) < 4.78 is 0. The Morgan fingerprint density at radius 2 is 2.22 bits per heavy atom. The van der Waals surface area contributed by atoms with Gasteiger partial charge >= 0.3 is 0 Å². The minimum atomic E-state index is 0.243. The number of ketones is 1. The quantitative estimate of drug-likeness (QED) is 0.540. The van der Waals surface area contributed by atoms with E-state index in [1.165, 1.54) is 0 Å². The second kappa shape index (κ2) is 2.21. The van der Waals surface area contributed by atoms with Crippen LogP contribution in [0.5, 0.6) is 0 Å². The Labute approximate surface area is 55.2 Å². The van der Waals surface area contributed by atoms with E-state index in [1.807, 2.05) is 31.3 Å². The van der Waals surface area contributed by atoms with Crippen molar-refractivity contribution in [2.75, 3.05) is 14.1 Å². The van der Waals surface area contributed by atoms with E-state index < -0.39 is 0 Å². The zero-order valence-electron chi connectivity index (χ0n) is 5.79. The van der Waals surface area contributed by atoms with Crippen LogP contribution in [-0.4, -0.2) is 24.8 Å². The maximum atomic E-state index is 10.4. The second-order valence-corrected chi connectivity index (χ2v) is 2.58. The summed E-state index contributed by atoms with van der Waals surface area (Å²) >= 11 is 0. The monoisotopic (exact) mass is 125 g/mol. The van der Waals surface area contributed by atoms with E-state index in [0.29, 0.717) is 5.78 Å². The molecular weight excluding hydrogens is 114 g/mol. The highest BCUT2D eigenvalue weighted by Gasteiger charge is 2.31. The summed E-state index contributed by atoms with van der Waals surface area (Å²) in [6.07, 6.45) is 4.63. The first-order valence-corrected chi connectivity index (χ1v) is 3.07. The van der Waals surface area contributed by atoms with Crippen LogP contribution in [0.4, 0.5) is 0 Å². The molecule has 1 rings (SSSR count). The van der Waals surface area contributed by atoms with Gasteiger partial charge in [0, 0.05) is 26.4 Å². The van der Waals surface area contributed by atoms with Crippen LogP contribution in [-0.2, 0) is 4.79 Å². The molecule has 0 N–H and O–H groups in total. The van der Waals surface area contributed by atoms with Crippen molar-refractivity contribution in [2.45, 2.75) is 6.42 Å². The van der Waals surface area contributed by atoms with Crippen LogP contribution in [0.3, 0.4) is 0 Å². The van der Waals surface area contributed by atoms with Gasteiger partial charge < -0.3 is 4.90 Å². The van der Waals surface area contributed by atoms with Crippen LogP contribution in [0.25, 0.3) is 0 Å². The predicted octanol–water partition coefficient (Wildman–Crippen LogP) is 0.651. The standard InChI is InChI=1S/C7H11NO/c1-8(2)4-3-6-5-7(6)9/h3-4,6H,5H2,1-2H3/b4-3-. The lowest BCUT2D eigenvalue weighted by molar-refractivity contribution is -0.110. The Morgan fingerprint density at radius 1 is 1.67 bits per heavy atom. The van der Waals surface area contributed by atoms with E-state index in [4.69, 9.17) is 0 Å². The first-order chi connectivity index (χ1) is 4.20. The molecule has 1 unspecified atom stereocenters. The number of rotatable bonds is 2. The van der Waals surface area contributed by atoms with Crippen molar-refractivity contribution in [3.8, 4) is 0 Å². The molecule has 1 aliphatic carbocycles. The molecule has 1 fully saturated rings. The third-order valence-corrected chi connectivity index (χ3v) is 1.29. The Bertz CT molecular complexity index is 149. The Morgan fingerprint density at radius 3 is 2.56 bits per heavy atom. The number of allylic oxidation sites excluding steroid dienone is 1. The van der Waals surface area contributed by atoms with Gasteiger partial charge in [0.1, 0.15) is 5.78 Å². The van der Waals surface area contributed by atoms with E-state index in [9.17, 15) is 4.79 Å². The molecule has 0 bridgehead atoms. The molecule has 0 aromatic heterocycles. The van der Waals surface area contributed by atoms with E-state index >= 15 is 0 Å². The average Bonchev–Trinajstić information content (AvgIpc) is 2.42. The highest BCUT2D eigenvalue weighted by molar-refractivity contribution is 5.97. The Balaban J connectivity index is 2.25. The summed E-state index contributed by atoms with van der Waals surface area (Å²) in [4.78, 5) is 12.4. The fourth-order valence-corrected chi connectivity index (χ4v) is 0.609. The summed E-state index contributed by atoms with van der Waals surface area (Å²) in [6, 6.07) is 0. The largest absolute Gasteiger partial charge is 0.384 e. The highest BCUT2D eigenvalue weighted by atomic mass is 16.1. The molecule has 2 heteroatoms. The lowest BCUT2D eigenvalue weighted by atomic mass is 10.4. The minimum absolute atomic E-state index is 0.243. The normalized spacial score (nSPS) is 25.1. The Hall–Kier alpha value is -0.790. The summed E-state index contributed by atoms with van der Waals surface area (Å²) in [6.45, 7) is 0. The van der Waals surface area contributed by atoms with E-state index in [2.05, 4.69) is 0 Å². The average molecular weight is 125 g/mol. The molecule has 0 aliphatic heterocycles. The third kappa shape index (κ3) is 1.88. The van der Waals surface area contributed by atoms with Crippen LogP contribution >= 0.6 is 0 Å². The molecule has 1 saturated carbocycles. The molecule has 0 aromatic rings. The number of carbonyl (C=O) groups excluding carboxylic acids is 1. The molecule has 0 amide bonds. The fourth-order valence-electron chi connectivity index (χ4n) is 0.609. The summed E-state index contributed by atoms with van der Waals surface area (Å²) in [7, 11) is 3.90. The maximum absolute atomic E-state index is 10.4. The lowest BCUT2D eigenvalue weighted by Crippen LogP contribution is -2.00. The van der Waals surface area contributed by atoms with Crippen LogP contribution < -0.4 is 0 Å². The van der Waals surface area contributed by atoms with E-state index in [0.717, 1.165) is 6.42 Å². The van der Waals surface area contributed by atoms with Gasteiger partial charge in [-0.05, 0) is 6.20 Å². The molecule has 0 saturated heterocycles. The predicted molar refractivity (Wildman–Crippen MR) is 35.9 cm³/mol. The highest BCUT2D eigenvalue weighted by Crippen LogP contribution is 2.24. The van der Waals surface area contributed by atoms with Crippen molar-refractivity contribution < 1.29 is 4.79 Å². The van der Waals surface area contributed by atoms with Gasteiger partial charge in [-0.15, -0.1) is 0 Å². The zero-order valence-corrected chi connectivity index (χ0v) is 5.79. The molecular formula is C7H11NO. The molecule has 1 atom stereocenters. The van der Waals surface area contributed by atoms with Gasteiger partial charge in [0.15, 0.2) is 0 Å². The second-order valence-electron chi connectivity index (χ2n) is 2.58. The van der Waals surface area contributed by atoms with Crippen LogP contribution in [0.2, 0.25) is 0 Å². The molecule has 1 aliphatic rings. The van der Waals surface area contributed by atoms with Crippen molar-refractivity contribution in [1.29, 1.82) is 0 Å². The van der Waals surface area contributed by atoms with Crippen molar-refractivity contribution in [2.24, 2.45) is 5.92 Å². The van der Waals surface area contributed by atoms with Gasteiger partial charge in [-0.2, -0.15) is 0 Å². The number of carbonyl (C=O) groups is 1. The van der Waals surface area contributed by atoms with Gasteiger partial charge in [-0.25, -0.2) is 0 Å². The lowest BCUT2D eigenvalue weighted by Gasteiger charge is -2.01. The van der Waals surface area contributed by atoms with Gasteiger partial charge in [0.25, 0.3) is 0 Å². The number of Topliss-reactive ketones (excluding diaryl/α,β-unsaturated/α-hetero) is 1. The van der Waals surface area contributed by atoms with Gasteiger partial charge in [-0.1, -0.05) is 6.08 Å². The molecule has 0 radical (unpaired) electrons. The van der Waals surface area contributed by atoms with Crippen molar-refractivity contribution >= 4 is 5.78 Å². The van der Waals surface area contributed by atoms with Crippen LogP contribution in [0, 0.1) is 5.92 Å². The third-order valence-electron chi connectivity index (χ3n) is 1.29. The zero-order chi connectivity index (χ0) is 6.85. The molecule has 0 spiro atoms. The number of hydrogen-bond donors (Lipinski definition) is 0. The minimum Gasteiger partial charge on any atom is -0.384 e.